The van der Waals surface area contributed by atoms with Crippen molar-refractivity contribution >= 4 is 17.7 Å². The highest BCUT2D eigenvalue weighted by Crippen LogP contribution is 2.32. The summed E-state index contributed by atoms with van der Waals surface area (Å²) < 4.78 is 10.6. The van der Waals surface area contributed by atoms with E-state index in [1.165, 1.54) is 4.90 Å². The van der Waals surface area contributed by atoms with Gasteiger partial charge < -0.3 is 14.8 Å². The van der Waals surface area contributed by atoms with Gasteiger partial charge in [0.25, 0.3) is 5.91 Å². The van der Waals surface area contributed by atoms with E-state index in [4.69, 9.17) is 9.47 Å². The fraction of sp³-hybridized carbons (Fsp3) is 0.286. The van der Waals surface area contributed by atoms with Crippen LogP contribution >= 0.6 is 0 Å². The Morgan fingerprint density at radius 2 is 1.61 bits per heavy atom. The number of nitrogens with zero attached hydrogens (tertiary/aromatic N) is 1. The number of fused-ring (bicyclic) bond motifs is 1. The number of benzene rings is 2. The minimum Gasteiger partial charge on any atom is -0.454 e. The predicted octanol–water partition coefficient (Wildman–Crippen LogP) is 2.04. The van der Waals surface area contributed by atoms with Crippen molar-refractivity contribution in [3.05, 3.63) is 59.2 Å². The molecule has 0 aromatic heterocycles. The third-order valence-corrected chi connectivity index (χ3v) is 4.85. The molecule has 1 N–H and O–H groups in total. The Hall–Kier alpha value is -3.35. The summed E-state index contributed by atoms with van der Waals surface area (Å²) >= 11 is 0. The van der Waals surface area contributed by atoms with Gasteiger partial charge in [-0.3, -0.25) is 19.3 Å². The number of carbonyl (C=O) groups excluding carboxylic acids is 3. The lowest BCUT2D eigenvalue weighted by Crippen LogP contribution is -2.28. The Labute approximate surface area is 162 Å². The van der Waals surface area contributed by atoms with E-state index in [0.717, 1.165) is 22.6 Å². The molecule has 4 rings (SSSR count). The molecule has 2 heterocycles. The van der Waals surface area contributed by atoms with Gasteiger partial charge in [-0.05, 0) is 41.8 Å². The third kappa shape index (κ3) is 3.83. The Morgan fingerprint density at radius 1 is 0.929 bits per heavy atom. The molecule has 0 radical (unpaired) electrons. The van der Waals surface area contributed by atoms with Crippen LogP contribution in [0.5, 0.6) is 11.5 Å². The smallest absolute Gasteiger partial charge is 0.251 e. The lowest BCUT2D eigenvalue weighted by atomic mass is 10.1. The topological polar surface area (TPSA) is 84.9 Å². The van der Waals surface area contributed by atoms with Gasteiger partial charge in [0.05, 0.1) is 6.54 Å². The summed E-state index contributed by atoms with van der Waals surface area (Å²) in [6, 6.07) is 12.7. The molecule has 144 valence electrons. The van der Waals surface area contributed by atoms with Crippen LogP contribution in [0.4, 0.5) is 0 Å². The van der Waals surface area contributed by atoms with Crippen LogP contribution in [0.3, 0.4) is 0 Å². The van der Waals surface area contributed by atoms with Crippen molar-refractivity contribution in [2.24, 2.45) is 0 Å². The number of likely N-dealkylation sites (tertiary alicyclic amines) is 1. The Balaban J connectivity index is 1.29. The molecule has 7 heteroatoms. The van der Waals surface area contributed by atoms with Crippen molar-refractivity contribution in [2.75, 3.05) is 13.3 Å². The van der Waals surface area contributed by atoms with Crippen LogP contribution in [0.25, 0.3) is 0 Å². The molecule has 2 aliphatic heterocycles. The van der Waals surface area contributed by atoms with Gasteiger partial charge in [-0.25, -0.2) is 0 Å². The van der Waals surface area contributed by atoms with E-state index in [9.17, 15) is 14.4 Å². The largest absolute Gasteiger partial charge is 0.454 e. The highest BCUT2D eigenvalue weighted by atomic mass is 16.7. The van der Waals surface area contributed by atoms with E-state index < -0.39 is 0 Å². The Kier molecular flexibility index (Phi) is 4.97. The van der Waals surface area contributed by atoms with Gasteiger partial charge in [-0.15, -0.1) is 0 Å². The zero-order valence-corrected chi connectivity index (χ0v) is 15.3. The molecule has 0 aliphatic carbocycles. The van der Waals surface area contributed by atoms with Crippen LogP contribution in [0.2, 0.25) is 0 Å². The lowest BCUT2D eigenvalue weighted by Gasteiger charge is -2.14. The second-order valence-electron chi connectivity index (χ2n) is 6.76. The molecule has 2 aromatic carbocycles. The van der Waals surface area contributed by atoms with Crippen molar-refractivity contribution < 1.29 is 23.9 Å². The van der Waals surface area contributed by atoms with Crippen molar-refractivity contribution in [3.63, 3.8) is 0 Å². The maximum atomic E-state index is 12.3. The molecule has 0 bridgehead atoms. The Bertz CT molecular complexity index is 907. The van der Waals surface area contributed by atoms with Gasteiger partial charge in [0, 0.05) is 24.9 Å². The number of hydrogen-bond donors (Lipinski definition) is 1. The number of nitrogens with one attached hydrogen (secondary N) is 1. The number of hydrogen-bond acceptors (Lipinski definition) is 5. The second kappa shape index (κ2) is 7.72. The number of imide groups is 1. The highest BCUT2D eigenvalue weighted by Gasteiger charge is 2.28. The lowest BCUT2D eigenvalue weighted by molar-refractivity contribution is -0.139. The van der Waals surface area contributed by atoms with Crippen LogP contribution in [0.15, 0.2) is 42.5 Å². The zero-order chi connectivity index (χ0) is 19.5. The molecular formula is C21H20N2O5. The second-order valence-corrected chi connectivity index (χ2v) is 6.76. The zero-order valence-electron chi connectivity index (χ0n) is 15.3. The number of rotatable bonds is 6. The number of amides is 3. The van der Waals surface area contributed by atoms with E-state index in [1.807, 2.05) is 18.2 Å². The standard InChI is InChI=1S/C21H20N2O5/c24-19-7-8-20(25)23(19)12-15-1-4-16(5-2-15)21(26)22-10-9-14-3-6-17-18(11-14)28-13-27-17/h1-6,11H,7-10,12-13H2,(H,22,26). The van der Waals surface area contributed by atoms with Gasteiger partial charge in [0.1, 0.15) is 0 Å². The van der Waals surface area contributed by atoms with Crippen molar-refractivity contribution in [1.82, 2.24) is 10.2 Å². The van der Waals surface area contributed by atoms with Crippen LogP contribution in [-0.4, -0.2) is 36.0 Å². The SMILES string of the molecule is O=C(NCCc1ccc2c(c1)OCO2)c1ccc(CN2C(=O)CCC2=O)cc1. The molecule has 28 heavy (non-hydrogen) atoms. The first-order valence-corrected chi connectivity index (χ1v) is 9.19. The minimum atomic E-state index is -0.166. The molecule has 0 spiro atoms. The predicted molar refractivity (Wildman–Crippen MR) is 99.8 cm³/mol. The first-order chi connectivity index (χ1) is 13.6. The molecule has 3 amide bonds. The highest BCUT2D eigenvalue weighted by molar-refractivity contribution is 6.01. The first kappa shape index (κ1) is 18.0. The van der Waals surface area contributed by atoms with E-state index in [-0.39, 0.29) is 43.9 Å². The molecule has 1 saturated heterocycles. The van der Waals surface area contributed by atoms with E-state index >= 15 is 0 Å². The fourth-order valence-corrected chi connectivity index (χ4v) is 3.26. The quantitative estimate of drug-likeness (QED) is 0.775. The first-order valence-electron chi connectivity index (χ1n) is 9.19. The summed E-state index contributed by atoms with van der Waals surface area (Å²) in [7, 11) is 0. The summed E-state index contributed by atoms with van der Waals surface area (Å²) in [4.78, 5) is 36.9. The van der Waals surface area contributed by atoms with Crippen LogP contribution in [-0.2, 0) is 22.6 Å². The summed E-state index contributed by atoms with van der Waals surface area (Å²) in [5.41, 5.74) is 2.41. The normalized spacial score (nSPS) is 15.2. The third-order valence-electron chi connectivity index (χ3n) is 4.85. The molecule has 2 aromatic rings. The minimum absolute atomic E-state index is 0.143. The maximum absolute atomic E-state index is 12.3. The van der Waals surface area contributed by atoms with Gasteiger partial charge in [-0.2, -0.15) is 0 Å². The van der Waals surface area contributed by atoms with E-state index in [1.54, 1.807) is 24.3 Å². The maximum Gasteiger partial charge on any atom is 0.251 e. The monoisotopic (exact) mass is 380 g/mol. The molecule has 1 fully saturated rings. The van der Waals surface area contributed by atoms with Crippen molar-refractivity contribution in [2.45, 2.75) is 25.8 Å². The Morgan fingerprint density at radius 3 is 2.36 bits per heavy atom. The molecule has 0 atom stereocenters. The molecular weight excluding hydrogens is 360 g/mol. The summed E-state index contributed by atoms with van der Waals surface area (Å²) in [5.74, 6) is 1.02. The average molecular weight is 380 g/mol. The number of carbonyl (C=O) groups is 3. The van der Waals surface area contributed by atoms with Crippen LogP contribution < -0.4 is 14.8 Å². The van der Waals surface area contributed by atoms with E-state index in [0.29, 0.717) is 18.5 Å². The van der Waals surface area contributed by atoms with Crippen LogP contribution in [0.1, 0.15) is 34.3 Å². The van der Waals surface area contributed by atoms with Gasteiger partial charge in [-0.1, -0.05) is 18.2 Å². The fourth-order valence-electron chi connectivity index (χ4n) is 3.26. The molecule has 0 saturated carbocycles. The van der Waals surface area contributed by atoms with Gasteiger partial charge in [0.15, 0.2) is 11.5 Å². The summed E-state index contributed by atoms with van der Waals surface area (Å²) in [6.07, 6.45) is 1.24. The summed E-state index contributed by atoms with van der Waals surface area (Å²) in [5, 5.41) is 2.89. The molecule has 7 nitrogen and oxygen atoms in total. The van der Waals surface area contributed by atoms with Crippen LogP contribution in [0, 0.1) is 0 Å². The van der Waals surface area contributed by atoms with Crippen molar-refractivity contribution in [1.29, 1.82) is 0 Å². The summed E-state index contributed by atoms with van der Waals surface area (Å²) in [6.45, 7) is 0.992. The molecule has 2 aliphatic rings. The van der Waals surface area contributed by atoms with E-state index in [2.05, 4.69) is 5.32 Å². The molecule has 0 unspecified atom stereocenters. The van der Waals surface area contributed by atoms with Crippen molar-refractivity contribution in [3.8, 4) is 11.5 Å². The average Bonchev–Trinajstić information content (AvgIpc) is 3.29. The van der Waals surface area contributed by atoms with Gasteiger partial charge in [0.2, 0.25) is 18.6 Å². The van der Waals surface area contributed by atoms with Gasteiger partial charge >= 0.3 is 0 Å². The number of ether oxygens (including phenoxy) is 2.